The highest BCUT2D eigenvalue weighted by atomic mass is 14.9. The normalized spacial score (nSPS) is 11.3. The molecule has 0 spiro atoms. The van der Waals surface area contributed by atoms with Crippen molar-refractivity contribution < 1.29 is 4.57 Å². The number of pyridine rings is 1. The molecule has 1 aromatic heterocycles. The van der Waals surface area contributed by atoms with Gasteiger partial charge in [0.15, 0.2) is 12.4 Å². The summed E-state index contributed by atoms with van der Waals surface area (Å²) in [5.41, 5.74) is 1.53. The van der Waals surface area contributed by atoms with Crippen LogP contribution in [0.15, 0.2) is 24.5 Å². The van der Waals surface area contributed by atoms with E-state index in [1.54, 1.807) is 0 Å². The molecule has 1 heteroatoms. The third-order valence-electron chi connectivity index (χ3n) is 7.26. The lowest BCUT2D eigenvalue weighted by atomic mass is 10.0. The lowest BCUT2D eigenvalue weighted by Gasteiger charge is -2.04. The highest BCUT2D eigenvalue weighted by Gasteiger charge is 2.03. The van der Waals surface area contributed by atoms with Crippen molar-refractivity contribution in [3.05, 3.63) is 30.1 Å². The number of hydrogen-bond acceptors (Lipinski definition) is 0. The van der Waals surface area contributed by atoms with E-state index in [0.29, 0.717) is 0 Å². The van der Waals surface area contributed by atoms with E-state index in [9.17, 15) is 0 Å². The SMILES string of the molecule is CCCCCCCCCCCCCCC[n+]1cccc(CCCCCCCCCCCC)c1. The van der Waals surface area contributed by atoms with Crippen molar-refractivity contribution in [1.82, 2.24) is 0 Å². The second-order valence-electron chi connectivity index (χ2n) is 10.6. The van der Waals surface area contributed by atoms with Crippen LogP contribution in [0, 0.1) is 0 Å². The van der Waals surface area contributed by atoms with Gasteiger partial charge in [0.05, 0.1) is 0 Å². The van der Waals surface area contributed by atoms with Crippen molar-refractivity contribution in [2.24, 2.45) is 0 Å². The van der Waals surface area contributed by atoms with Gasteiger partial charge >= 0.3 is 0 Å². The summed E-state index contributed by atoms with van der Waals surface area (Å²) < 4.78 is 2.43. The maximum Gasteiger partial charge on any atom is 0.171 e. The Hall–Kier alpha value is -0.850. The van der Waals surface area contributed by atoms with E-state index in [1.807, 2.05) is 0 Å². The number of nitrogens with zero attached hydrogens (tertiary/aromatic N) is 1. The molecule has 0 unspecified atom stereocenters. The van der Waals surface area contributed by atoms with Crippen molar-refractivity contribution >= 4 is 0 Å². The number of rotatable bonds is 25. The van der Waals surface area contributed by atoms with Gasteiger partial charge in [0.1, 0.15) is 6.54 Å². The first-order chi connectivity index (χ1) is 16.4. The standard InChI is InChI=1S/C32H60N/c1-3-5-7-9-11-13-15-16-17-19-21-23-25-29-33-30-26-28-32(31-33)27-24-22-20-18-14-12-10-8-6-4-2/h26,28,30-31H,3-25,27,29H2,1-2H3/q+1. The van der Waals surface area contributed by atoms with Gasteiger partial charge in [-0.2, -0.15) is 0 Å². The second-order valence-corrected chi connectivity index (χ2v) is 10.6. The highest BCUT2D eigenvalue weighted by molar-refractivity contribution is 5.05. The van der Waals surface area contributed by atoms with Crippen molar-refractivity contribution in [3.63, 3.8) is 0 Å². The van der Waals surface area contributed by atoms with E-state index >= 15 is 0 Å². The number of aryl methyl sites for hydroxylation is 2. The fourth-order valence-corrected chi connectivity index (χ4v) is 4.99. The average molecular weight is 459 g/mol. The molecule has 0 bridgehead atoms. The lowest BCUT2D eigenvalue weighted by molar-refractivity contribution is -0.697. The monoisotopic (exact) mass is 458 g/mol. The Kier molecular flexibility index (Phi) is 22.2. The van der Waals surface area contributed by atoms with Gasteiger partial charge in [-0.1, -0.05) is 142 Å². The molecule has 0 aromatic carbocycles. The van der Waals surface area contributed by atoms with Gasteiger partial charge in [0.2, 0.25) is 0 Å². The Morgan fingerprint density at radius 3 is 1.33 bits per heavy atom. The molecule has 0 saturated carbocycles. The predicted octanol–water partition coefficient (Wildman–Crippen LogP) is 10.5. The molecule has 0 aliphatic heterocycles. The van der Waals surface area contributed by atoms with Gasteiger partial charge < -0.3 is 0 Å². The summed E-state index contributed by atoms with van der Waals surface area (Å²) in [4.78, 5) is 0. The Labute approximate surface area is 209 Å². The molecule has 0 amide bonds. The van der Waals surface area contributed by atoms with Gasteiger partial charge in [-0.15, -0.1) is 0 Å². The van der Waals surface area contributed by atoms with Crippen LogP contribution < -0.4 is 4.57 Å². The Bertz CT molecular complexity index is 509. The van der Waals surface area contributed by atoms with E-state index in [2.05, 4.69) is 42.9 Å². The van der Waals surface area contributed by atoms with Crippen molar-refractivity contribution in [3.8, 4) is 0 Å². The van der Waals surface area contributed by atoms with Crippen LogP contribution in [0.5, 0.6) is 0 Å². The van der Waals surface area contributed by atoms with E-state index in [-0.39, 0.29) is 0 Å². The Morgan fingerprint density at radius 2 is 0.879 bits per heavy atom. The molecule has 192 valence electrons. The zero-order valence-corrected chi connectivity index (χ0v) is 22.9. The van der Waals surface area contributed by atoms with Crippen LogP contribution in [0.1, 0.15) is 167 Å². The molecule has 0 aliphatic rings. The lowest BCUT2D eigenvalue weighted by Crippen LogP contribution is -2.33. The molecule has 0 N–H and O–H groups in total. The fourth-order valence-electron chi connectivity index (χ4n) is 4.99. The summed E-state index contributed by atoms with van der Waals surface area (Å²) in [5.74, 6) is 0. The van der Waals surface area contributed by atoms with E-state index in [1.165, 1.54) is 166 Å². The van der Waals surface area contributed by atoms with Crippen LogP contribution in [0.4, 0.5) is 0 Å². The van der Waals surface area contributed by atoms with E-state index in [0.717, 1.165) is 0 Å². The number of unbranched alkanes of at least 4 members (excludes halogenated alkanes) is 21. The Morgan fingerprint density at radius 1 is 0.485 bits per heavy atom. The Balaban J connectivity index is 1.92. The molecular weight excluding hydrogens is 398 g/mol. The quantitative estimate of drug-likeness (QED) is 0.101. The highest BCUT2D eigenvalue weighted by Crippen LogP contribution is 2.13. The minimum atomic E-state index is 1.20. The largest absolute Gasteiger partial charge is 0.205 e. The summed E-state index contributed by atoms with van der Waals surface area (Å²) in [6.07, 6.45) is 38.8. The molecule has 0 radical (unpaired) electrons. The van der Waals surface area contributed by atoms with Gasteiger partial charge in [-0.3, -0.25) is 0 Å². The van der Waals surface area contributed by atoms with E-state index < -0.39 is 0 Å². The van der Waals surface area contributed by atoms with Gasteiger partial charge in [0.25, 0.3) is 0 Å². The predicted molar refractivity (Wildman–Crippen MR) is 148 cm³/mol. The zero-order chi connectivity index (χ0) is 23.7. The average Bonchev–Trinajstić information content (AvgIpc) is 2.83. The molecular formula is C32H60N+. The summed E-state index contributed by atoms with van der Waals surface area (Å²) >= 11 is 0. The van der Waals surface area contributed by atoms with Crippen LogP contribution in [-0.4, -0.2) is 0 Å². The molecule has 33 heavy (non-hydrogen) atoms. The smallest absolute Gasteiger partial charge is 0.171 e. The summed E-state index contributed by atoms with van der Waals surface area (Å²) in [6.45, 7) is 5.80. The molecule has 0 fully saturated rings. The summed E-state index contributed by atoms with van der Waals surface area (Å²) in [5, 5.41) is 0. The topological polar surface area (TPSA) is 3.88 Å². The molecule has 1 nitrogen and oxygen atoms in total. The fraction of sp³-hybridized carbons (Fsp3) is 0.844. The molecule has 0 aliphatic carbocycles. The number of aromatic nitrogens is 1. The maximum atomic E-state index is 2.43. The summed E-state index contributed by atoms with van der Waals surface area (Å²) in [6, 6.07) is 4.59. The van der Waals surface area contributed by atoms with Crippen molar-refractivity contribution in [2.75, 3.05) is 0 Å². The molecule has 1 aromatic rings. The van der Waals surface area contributed by atoms with Gasteiger partial charge in [-0.05, 0) is 25.3 Å². The summed E-state index contributed by atoms with van der Waals surface area (Å²) in [7, 11) is 0. The van der Waals surface area contributed by atoms with Gasteiger partial charge in [0, 0.05) is 18.1 Å². The van der Waals surface area contributed by atoms with E-state index in [4.69, 9.17) is 0 Å². The van der Waals surface area contributed by atoms with Crippen LogP contribution >= 0.6 is 0 Å². The minimum Gasteiger partial charge on any atom is -0.205 e. The minimum absolute atomic E-state index is 1.20. The third-order valence-corrected chi connectivity index (χ3v) is 7.26. The zero-order valence-electron chi connectivity index (χ0n) is 22.9. The first-order valence-corrected chi connectivity index (χ1v) is 15.3. The van der Waals surface area contributed by atoms with Gasteiger partial charge in [-0.25, -0.2) is 4.57 Å². The molecule has 1 heterocycles. The molecule has 1 rings (SSSR count). The van der Waals surface area contributed by atoms with Crippen molar-refractivity contribution in [2.45, 2.75) is 174 Å². The van der Waals surface area contributed by atoms with Crippen LogP contribution in [0.2, 0.25) is 0 Å². The van der Waals surface area contributed by atoms with Crippen LogP contribution in [0.3, 0.4) is 0 Å². The first-order valence-electron chi connectivity index (χ1n) is 15.3. The number of hydrogen-bond donors (Lipinski definition) is 0. The molecule has 0 atom stereocenters. The first kappa shape index (κ1) is 30.2. The maximum absolute atomic E-state index is 2.43. The third kappa shape index (κ3) is 20.3. The van der Waals surface area contributed by atoms with Crippen LogP contribution in [0.25, 0.3) is 0 Å². The molecule has 0 saturated heterocycles. The van der Waals surface area contributed by atoms with Crippen LogP contribution in [-0.2, 0) is 13.0 Å². The second kappa shape index (κ2) is 24.3. The van der Waals surface area contributed by atoms with Crippen molar-refractivity contribution in [1.29, 1.82) is 0 Å².